The fourth-order valence-electron chi connectivity index (χ4n) is 2.56. The predicted molar refractivity (Wildman–Crippen MR) is 97.8 cm³/mol. The summed E-state index contributed by atoms with van der Waals surface area (Å²) >= 11 is 0. The molecule has 1 aromatic heterocycles. The predicted octanol–water partition coefficient (Wildman–Crippen LogP) is 1.58. The zero-order chi connectivity index (χ0) is 16.8. The van der Waals surface area contributed by atoms with E-state index in [-0.39, 0.29) is 0 Å². The maximum absolute atomic E-state index is 7.34. The minimum atomic E-state index is 0.685. The molecule has 24 heavy (non-hydrogen) atoms. The molecule has 1 aliphatic heterocycles. The molecule has 0 spiro atoms. The Morgan fingerprint density at radius 3 is 2.62 bits per heavy atom. The first kappa shape index (κ1) is 15.9. The Morgan fingerprint density at radius 1 is 1.21 bits per heavy atom. The number of allylic oxidation sites excluding steroid dienone is 1. The molecule has 0 aliphatic carbocycles. The van der Waals surface area contributed by atoms with Gasteiger partial charge in [-0.2, -0.15) is 4.98 Å². The standard InChI is InChI=1S/C17H21N7/c18-11-14(12-19)13-1-3-15(4-2-13)22-16-5-6-21-17(23-16)24-9-7-20-8-10-24/h1-6,11-12,18,20H,7-10,19H2,(H,21,22,23). The summed E-state index contributed by atoms with van der Waals surface area (Å²) in [4.78, 5) is 11.1. The van der Waals surface area contributed by atoms with Crippen molar-refractivity contribution in [2.45, 2.75) is 0 Å². The molecule has 0 unspecified atom stereocenters. The molecule has 2 aromatic rings. The SMILES string of the molecule is N=CC(=CN)c1ccc(Nc2ccnc(N3CCNCC3)n2)cc1. The summed E-state index contributed by atoms with van der Waals surface area (Å²) in [5, 5.41) is 13.9. The van der Waals surface area contributed by atoms with E-state index in [2.05, 4.69) is 25.5 Å². The van der Waals surface area contributed by atoms with E-state index < -0.39 is 0 Å². The normalized spacial score (nSPS) is 15.2. The summed E-state index contributed by atoms with van der Waals surface area (Å²) in [5.41, 5.74) is 8.02. The van der Waals surface area contributed by atoms with Crippen molar-refractivity contribution in [3.63, 3.8) is 0 Å². The molecule has 1 saturated heterocycles. The van der Waals surface area contributed by atoms with Crippen molar-refractivity contribution < 1.29 is 0 Å². The van der Waals surface area contributed by atoms with E-state index in [1.54, 1.807) is 6.20 Å². The van der Waals surface area contributed by atoms with E-state index in [1.807, 2.05) is 30.3 Å². The van der Waals surface area contributed by atoms with Crippen molar-refractivity contribution in [1.29, 1.82) is 5.41 Å². The Kier molecular flexibility index (Phi) is 5.02. The molecule has 5 N–H and O–H groups in total. The number of rotatable bonds is 5. The first-order valence-corrected chi connectivity index (χ1v) is 7.88. The summed E-state index contributed by atoms with van der Waals surface area (Å²) in [7, 11) is 0. The second-order valence-electron chi connectivity index (χ2n) is 5.45. The fourth-order valence-corrected chi connectivity index (χ4v) is 2.56. The van der Waals surface area contributed by atoms with Gasteiger partial charge in [0, 0.05) is 56.1 Å². The van der Waals surface area contributed by atoms with Crippen molar-refractivity contribution >= 4 is 29.2 Å². The van der Waals surface area contributed by atoms with Gasteiger partial charge in [-0.3, -0.25) is 0 Å². The van der Waals surface area contributed by atoms with Gasteiger partial charge in [0.15, 0.2) is 0 Å². The van der Waals surface area contributed by atoms with E-state index in [4.69, 9.17) is 11.1 Å². The molecule has 2 heterocycles. The number of aromatic nitrogens is 2. The average Bonchev–Trinajstić information content (AvgIpc) is 2.65. The molecule has 1 aromatic carbocycles. The van der Waals surface area contributed by atoms with Gasteiger partial charge >= 0.3 is 0 Å². The molecule has 0 bridgehead atoms. The molecule has 124 valence electrons. The molecular formula is C17H21N7. The van der Waals surface area contributed by atoms with Gasteiger partial charge in [-0.25, -0.2) is 4.98 Å². The monoisotopic (exact) mass is 323 g/mol. The molecule has 7 nitrogen and oxygen atoms in total. The smallest absolute Gasteiger partial charge is 0.227 e. The maximum Gasteiger partial charge on any atom is 0.227 e. The molecule has 0 amide bonds. The van der Waals surface area contributed by atoms with Crippen molar-refractivity contribution in [3.05, 3.63) is 48.3 Å². The lowest BCUT2D eigenvalue weighted by Gasteiger charge is -2.27. The van der Waals surface area contributed by atoms with Crippen molar-refractivity contribution in [2.75, 3.05) is 36.4 Å². The number of anilines is 3. The average molecular weight is 323 g/mol. The first-order chi connectivity index (χ1) is 11.8. The Bertz CT molecular complexity index is 718. The quantitative estimate of drug-likeness (QED) is 0.623. The molecule has 7 heteroatoms. The Balaban J connectivity index is 1.72. The van der Waals surface area contributed by atoms with Gasteiger partial charge in [-0.05, 0) is 23.8 Å². The van der Waals surface area contributed by atoms with Gasteiger partial charge in [-0.15, -0.1) is 0 Å². The highest BCUT2D eigenvalue weighted by atomic mass is 15.3. The molecule has 0 atom stereocenters. The zero-order valence-corrected chi connectivity index (χ0v) is 13.4. The largest absolute Gasteiger partial charge is 0.404 e. The number of benzene rings is 1. The Labute approximate surface area is 141 Å². The lowest BCUT2D eigenvalue weighted by atomic mass is 10.1. The summed E-state index contributed by atoms with van der Waals surface area (Å²) < 4.78 is 0. The van der Waals surface area contributed by atoms with Crippen LogP contribution in [0.2, 0.25) is 0 Å². The third kappa shape index (κ3) is 3.69. The zero-order valence-electron chi connectivity index (χ0n) is 13.4. The van der Waals surface area contributed by atoms with Gasteiger partial charge in [0.05, 0.1) is 0 Å². The van der Waals surface area contributed by atoms with Crippen LogP contribution in [0, 0.1) is 5.41 Å². The van der Waals surface area contributed by atoms with Crippen LogP contribution in [0.4, 0.5) is 17.5 Å². The van der Waals surface area contributed by atoms with Gasteiger partial charge < -0.3 is 26.7 Å². The van der Waals surface area contributed by atoms with Crippen LogP contribution in [-0.2, 0) is 0 Å². The van der Waals surface area contributed by atoms with Crippen LogP contribution in [-0.4, -0.2) is 42.4 Å². The highest BCUT2D eigenvalue weighted by Gasteiger charge is 2.13. The first-order valence-electron chi connectivity index (χ1n) is 7.88. The third-order valence-electron chi connectivity index (χ3n) is 3.87. The van der Waals surface area contributed by atoms with E-state index in [1.165, 1.54) is 12.4 Å². The number of piperazine rings is 1. The van der Waals surface area contributed by atoms with Crippen molar-refractivity contribution in [3.8, 4) is 0 Å². The van der Waals surface area contributed by atoms with Crippen LogP contribution in [0.5, 0.6) is 0 Å². The maximum atomic E-state index is 7.34. The number of hydrogen-bond acceptors (Lipinski definition) is 7. The van der Waals surface area contributed by atoms with Crippen LogP contribution in [0.3, 0.4) is 0 Å². The van der Waals surface area contributed by atoms with Crippen LogP contribution in [0.1, 0.15) is 5.56 Å². The van der Waals surface area contributed by atoms with E-state index in [0.29, 0.717) is 5.57 Å². The minimum Gasteiger partial charge on any atom is -0.404 e. The van der Waals surface area contributed by atoms with Crippen molar-refractivity contribution in [2.24, 2.45) is 5.73 Å². The molecular weight excluding hydrogens is 302 g/mol. The Morgan fingerprint density at radius 2 is 1.96 bits per heavy atom. The van der Waals surface area contributed by atoms with Gasteiger partial charge in [-0.1, -0.05) is 12.1 Å². The number of nitrogens with two attached hydrogens (primary N) is 1. The van der Waals surface area contributed by atoms with Gasteiger partial charge in [0.2, 0.25) is 5.95 Å². The number of hydrogen-bond donors (Lipinski definition) is 4. The van der Waals surface area contributed by atoms with Crippen LogP contribution in [0.15, 0.2) is 42.7 Å². The van der Waals surface area contributed by atoms with E-state index in [9.17, 15) is 0 Å². The molecule has 1 fully saturated rings. The summed E-state index contributed by atoms with van der Waals surface area (Å²) in [6.45, 7) is 3.73. The van der Waals surface area contributed by atoms with Gasteiger partial charge in [0.25, 0.3) is 0 Å². The molecule has 0 saturated carbocycles. The Hall–Kier alpha value is -2.93. The van der Waals surface area contributed by atoms with Crippen molar-refractivity contribution in [1.82, 2.24) is 15.3 Å². The summed E-state index contributed by atoms with van der Waals surface area (Å²) in [6, 6.07) is 9.57. The topological polar surface area (TPSA) is 103 Å². The fraction of sp³-hybridized carbons (Fsp3) is 0.235. The molecule has 1 aliphatic rings. The second-order valence-corrected chi connectivity index (χ2v) is 5.45. The summed E-state index contributed by atoms with van der Waals surface area (Å²) in [5.74, 6) is 1.50. The van der Waals surface area contributed by atoms with Crippen LogP contribution >= 0.6 is 0 Å². The highest BCUT2D eigenvalue weighted by molar-refractivity contribution is 6.08. The number of nitrogens with zero attached hydrogens (tertiary/aromatic N) is 3. The van der Waals surface area contributed by atoms with Gasteiger partial charge in [0.1, 0.15) is 5.82 Å². The third-order valence-corrected chi connectivity index (χ3v) is 3.87. The number of nitrogens with one attached hydrogen (secondary N) is 3. The van der Waals surface area contributed by atoms with E-state index >= 15 is 0 Å². The second kappa shape index (κ2) is 7.56. The van der Waals surface area contributed by atoms with Crippen LogP contribution < -0.4 is 21.3 Å². The lowest BCUT2D eigenvalue weighted by molar-refractivity contribution is 0.580. The lowest BCUT2D eigenvalue weighted by Crippen LogP contribution is -2.44. The molecule has 3 rings (SSSR count). The van der Waals surface area contributed by atoms with E-state index in [0.717, 1.165) is 49.2 Å². The summed E-state index contributed by atoms with van der Waals surface area (Å²) in [6.07, 6.45) is 4.44. The van der Waals surface area contributed by atoms with Crippen LogP contribution in [0.25, 0.3) is 5.57 Å². The minimum absolute atomic E-state index is 0.685. The highest BCUT2D eigenvalue weighted by Crippen LogP contribution is 2.19. The molecule has 0 radical (unpaired) electrons.